The normalized spacial score (nSPS) is 10.8. The van der Waals surface area contributed by atoms with Crippen LogP contribution in [0.4, 0.5) is 15.9 Å². The first-order chi connectivity index (χ1) is 12.2. The van der Waals surface area contributed by atoms with Crippen LogP contribution in [0, 0.1) is 5.82 Å². The number of halogens is 2. The molecule has 0 atom stereocenters. The van der Waals surface area contributed by atoms with Crippen molar-refractivity contribution >= 4 is 38.6 Å². The fourth-order valence-corrected chi connectivity index (χ4v) is 2.67. The number of anilines is 2. The molecule has 0 bridgehead atoms. The van der Waals surface area contributed by atoms with Gasteiger partial charge in [0.15, 0.2) is 22.8 Å². The molecule has 6 nitrogen and oxygen atoms in total. The summed E-state index contributed by atoms with van der Waals surface area (Å²) < 4.78 is 15.0. The highest BCUT2D eigenvalue weighted by Gasteiger charge is 2.15. The van der Waals surface area contributed by atoms with Gasteiger partial charge in [-0.1, -0.05) is 15.9 Å². The Bertz CT molecular complexity index is 1060. The summed E-state index contributed by atoms with van der Waals surface area (Å²) in [6.45, 7) is 0. The maximum atomic E-state index is 14.2. The summed E-state index contributed by atoms with van der Waals surface area (Å²) in [5, 5.41) is 3.16. The highest BCUT2D eigenvalue weighted by molar-refractivity contribution is 9.10. The molecule has 4 aromatic rings. The van der Waals surface area contributed by atoms with E-state index >= 15 is 0 Å². The van der Waals surface area contributed by atoms with Gasteiger partial charge in [0, 0.05) is 34.9 Å². The summed E-state index contributed by atoms with van der Waals surface area (Å²) in [5.41, 5.74) is 1.93. The molecule has 1 N–H and O–H groups in total. The second kappa shape index (κ2) is 6.48. The van der Waals surface area contributed by atoms with Crippen molar-refractivity contribution in [2.75, 3.05) is 5.32 Å². The highest BCUT2D eigenvalue weighted by Crippen LogP contribution is 2.28. The molecule has 0 aliphatic rings. The molecule has 0 spiro atoms. The van der Waals surface area contributed by atoms with Gasteiger partial charge in [-0.3, -0.25) is 4.98 Å². The Balaban J connectivity index is 1.91. The van der Waals surface area contributed by atoms with Crippen molar-refractivity contribution in [1.29, 1.82) is 0 Å². The van der Waals surface area contributed by atoms with E-state index in [1.54, 1.807) is 42.9 Å². The minimum absolute atomic E-state index is 0.225. The van der Waals surface area contributed by atoms with Gasteiger partial charge < -0.3 is 5.32 Å². The van der Waals surface area contributed by atoms with E-state index in [0.29, 0.717) is 17.0 Å². The van der Waals surface area contributed by atoms with Gasteiger partial charge >= 0.3 is 0 Å². The monoisotopic (exact) mass is 396 g/mol. The molecular weight excluding hydrogens is 387 g/mol. The largest absolute Gasteiger partial charge is 0.338 e. The fourth-order valence-electron chi connectivity index (χ4n) is 2.31. The molecule has 0 aliphatic heterocycles. The predicted molar refractivity (Wildman–Crippen MR) is 95.7 cm³/mol. The fraction of sp³-hybridized carbons (Fsp3) is 0. The minimum Gasteiger partial charge on any atom is -0.338 e. The predicted octanol–water partition coefficient (Wildman–Crippen LogP) is 4.13. The molecule has 4 rings (SSSR count). The Kier molecular flexibility index (Phi) is 4.02. The average Bonchev–Trinajstić information content (AvgIpc) is 2.64. The van der Waals surface area contributed by atoms with E-state index < -0.39 is 5.82 Å². The Labute approximate surface area is 150 Å². The van der Waals surface area contributed by atoms with Gasteiger partial charge in [-0.15, -0.1) is 0 Å². The van der Waals surface area contributed by atoms with Crippen LogP contribution in [0.5, 0.6) is 0 Å². The summed E-state index contributed by atoms with van der Waals surface area (Å²) >= 11 is 3.34. The van der Waals surface area contributed by atoms with E-state index in [2.05, 4.69) is 46.2 Å². The lowest BCUT2D eigenvalue weighted by Gasteiger charge is -2.10. The molecule has 0 amide bonds. The first-order valence-electron chi connectivity index (χ1n) is 7.32. The highest BCUT2D eigenvalue weighted by atomic mass is 79.9. The van der Waals surface area contributed by atoms with E-state index in [-0.39, 0.29) is 11.4 Å². The second-order valence-corrected chi connectivity index (χ2v) is 6.03. The van der Waals surface area contributed by atoms with Gasteiger partial charge in [0.25, 0.3) is 0 Å². The quantitative estimate of drug-likeness (QED) is 0.560. The molecule has 0 unspecified atom stereocenters. The molecular formula is C17H10BrFN6. The van der Waals surface area contributed by atoms with Crippen LogP contribution in [0.1, 0.15) is 0 Å². The molecule has 0 radical (unpaired) electrons. The van der Waals surface area contributed by atoms with Gasteiger partial charge in [-0.25, -0.2) is 24.3 Å². The van der Waals surface area contributed by atoms with Gasteiger partial charge in [-0.05, 0) is 30.3 Å². The van der Waals surface area contributed by atoms with Crippen molar-refractivity contribution < 1.29 is 4.39 Å². The van der Waals surface area contributed by atoms with Gasteiger partial charge in [0.2, 0.25) is 0 Å². The zero-order valence-corrected chi connectivity index (χ0v) is 14.3. The van der Waals surface area contributed by atoms with E-state index in [1.807, 2.05) is 0 Å². The molecule has 3 aromatic heterocycles. The van der Waals surface area contributed by atoms with Gasteiger partial charge in [0.05, 0.1) is 5.56 Å². The molecule has 122 valence electrons. The first kappa shape index (κ1) is 15.5. The second-order valence-electron chi connectivity index (χ2n) is 5.11. The number of nitrogens with one attached hydrogen (secondary N) is 1. The lowest BCUT2D eigenvalue weighted by molar-refractivity contribution is 0.630. The number of hydrogen-bond donors (Lipinski definition) is 1. The van der Waals surface area contributed by atoms with Crippen LogP contribution >= 0.6 is 15.9 Å². The smallest absolute Gasteiger partial charge is 0.184 e. The molecule has 0 aliphatic carbocycles. The number of benzene rings is 1. The average molecular weight is 397 g/mol. The number of rotatable bonds is 3. The van der Waals surface area contributed by atoms with Crippen LogP contribution in [0.25, 0.3) is 22.6 Å². The number of hydrogen-bond acceptors (Lipinski definition) is 6. The third-order valence-electron chi connectivity index (χ3n) is 3.45. The molecule has 0 saturated heterocycles. The Morgan fingerprint density at radius 2 is 1.72 bits per heavy atom. The van der Waals surface area contributed by atoms with E-state index in [4.69, 9.17) is 0 Å². The van der Waals surface area contributed by atoms with E-state index in [0.717, 1.165) is 10.2 Å². The van der Waals surface area contributed by atoms with Crippen LogP contribution < -0.4 is 5.32 Å². The van der Waals surface area contributed by atoms with Crippen LogP contribution in [-0.4, -0.2) is 24.9 Å². The Hall–Kier alpha value is -3.00. The molecule has 0 saturated carbocycles. The zero-order chi connectivity index (χ0) is 17.2. The van der Waals surface area contributed by atoms with Crippen molar-refractivity contribution in [3.8, 4) is 11.4 Å². The maximum absolute atomic E-state index is 14.2. The topological polar surface area (TPSA) is 76.5 Å². The molecule has 8 heteroatoms. The van der Waals surface area contributed by atoms with Crippen LogP contribution in [-0.2, 0) is 0 Å². The number of aromatic nitrogens is 5. The number of fused-ring (bicyclic) bond motifs is 1. The van der Waals surface area contributed by atoms with Crippen molar-refractivity contribution in [3.05, 3.63) is 65.4 Å². The van der Waals surface area contributed by atoms with E-state index in [1.165, 1.54) is 12.3 Å². The lowest BCUT2D eigenvalue weighted by Crippen LogP contribution is -2.02. The third-order valence-corrected chi connectivity index (χ3v) is 3.94. The van der Waals surface area contributed by atoms with Crippen molar-refractivity contribution in [2.45, 2.75) is 0 Å². The van der Waals surface area contributed by atoms with E-state index in [9.17, 15) is 4.39 Å². The van der Waals surface area contributed by atoms with Gasteiger partial charge in [0.1, 0.15) is 5.82 Å². The number of pyridine rings is 1. The minimum atomic E-state index is -0.415. The third kappa shape index (κ3) is 3.16. The first-order valence-corrected chi connectivity index (χ1v) is 8.11. The maximum Gasteiger partial charge on any atom is 0.184 e. The molecule has 3 heterocycles. The SMILES string of the molecule is Fc1ccc(Br)cc1-c1nc(Nc2ccncc2)c2nccnc2n1. The standard InChI is InChI=1S/C17H10BrFN6/c18-10-1-2-13(19)12(9-10)15-24-16-14(21-7-8-22-16)17(25-15)23-11-3-5-20-6-4-11/h1-9H,(H,20,22,23,24,25). The van der Waals surface area contributed by atoms with Crippen LogP contribution in [0.2, 0.25) is 0 Å². The summed E-state index contributed by atoms with van der Waals surface area (Å²) in [4.78, 5) is 21.3. The molecule has 25 heavy (non-hydrogen) atoms. The number of nitrogens with zero attached hydrogens (tertiary/aromatic N) is 5. The summed E-state index contributed by atoms with van der Waals surface area (Å²) in [7, 11) is 0. The van der Waals surface area contributed by atoms with Crippen LogP contribution in [0.15, 0.2) is 59.6 Å². The summed E-state index contributed by atoms with van der Waals surface area (Å²) in [5.74, 6) is 0.253. The summed E-state index contributed by atoms with van der Waals surface area (Å²) in [6, 6.07) is 8.20. The van der Waals surface area contributed by atoms with Crippen molar-refractivity contribution in [2.24, 2.45) is 0 Å². The Morgan fingerprint density at radius 1 is 0.920 bits per heavy atom. The molecule has 1 aromatic carbocycles. The van der Waals surface area contributed by atoms with Crippen LogP contribution in [0.3, 0.4) is 0 Å². The van der Waals surface area contributed by atoms with Crippen molar-refractivity contribution in [3.63, 3.8) is 0 Å². The zero-order valence-electron chi connectivity index (χ0n) is 12.7. The van der Waals surface area contributed by atoms with Crippen molar-refractivity contribution in [1.82, 2.24) is 24.9 Å². The Morgan fingerprint density at radius 3 is 2.56 bits per heavy atom. The van der Waals surface area contributed by atoms with Gasteiger partial charge in [-0.2, -0.15) is 0 Å². The lowest BCUT2D eigenvalue weighted by atomic mass is 10.2. The molecule has 0 fully saturated rings. The summed E-state index contributed by atoms with van der Waals surface area (Å²) in [6.07, 6.45) is 6.41.